The van der Waals surface area contributed by atoms with Crippen LogP contribution >= 0.6 is 0 Å². The molecular weight excluding hydrogens is 290 g/mol. The summed E-state index contributed by atoms with van der Waals surface area (Å²) < 4.78 is 1.51. The van der Waals surface area contributed by atoms with Crippen LogP contribution in [0, 0.1) is 0 Å². The molecule has 3 heterocycles. The number of rotatable bonds is 3. The van der Waals surface area contributed by atoms with Gasteiger partial charge in [0.1, 0.15) is 18.1 Å². The van der Waals surface area contributed by atoms with Gasteiger partial charge in [-0.15, -0.1) is 0 Å². The highest BCUT2D eigenvalue weighted by atomic mass is 16.3. The van der Waals surface area contributed by atoms with E-state index >= 15 is 0 Å². The van der Waals surface area contributed by atoms with Crippen molar-refractivity contribution in [1.82, 2.24) is 19.7 Å². The predicted octanol–water partition coefficient (Wildman–Crippen LogP) is -1.91. The van der Waals surface area contributed by atoms with Gasteiger partial charge in [0.15, 0.2) is 0 Å². The van der Waals surface area contributed by atoms with Crippen LogP contribution in [0.15, 0.2) is 12.4 Å². The van der Waals surface area contributed by atoms with Gasteiger partial charge in [-0.3, -0.25) is 4.40 Å². The summed E-state index contributed by atoms with van der Waals surface area (Å²) in [5.41, 5.74) is 7.35. The maximum absolute atomic E-state index is 10.2. The molecule has 0 aliphatic carbocycles. The standard InChI is InChI=1S/C13H19N5O4/c1-5(20)8-2-6(12-15-4-16-13(14)18(8)12)9-11(22)10(21)7(3-19)17-9/h2,4-5,7,9-11,17,19-22H,3H2,1H3,(H2,14,15,16)/t5?,7-,9+,10-,11+/m1/s1. The maximum Gasteiger partial charge on any atom is 0.207 e. The smallest absolute Gasteiger partial charge is 0.207 e. The molecule has 1 aliphatic rings. The van der Waals surface area contributed by atoms with Gasteiger partial charge in [0.05, 0.1) is 36.6 Å². The number of aliphatic hydroxyl groups is 4. The number of nitrogens with one attached hydrogen (secondary N) is 1. The quantitative estimate of drug-likeness (QED) is 0.385. The van der Waals surface area contributed by atoms with Crippen molar-refractivity contribution in [2.75, 3.05) is 12.3 Å². The first-order chi connectivity index (χ1) is 10.5. The normalized spacial score (nSPS) is 30.0. The van der Waals surface area contributed by atoms with Crippen LogP contribution in [0.25, 0.3) is 5.65 Å². The summed E-state index contributed by atoms with van der Waals surface area (Å²) in [6.07, 6.45) is -1.73. The Balaban J connectivity index is 2.14. The van der Waals surface area contributed by atoms with Crippen LogP contribution in [0.3, 0.4) is 0 Å². The van der Waals surface area contributed by atoms with E-state index in [2.05, 4.69) is 15.3 Å². The molecule has 0 spiro atoms. The molecule has 5 atom stereocenters. The number of nitrogens with zero attached hydrogens (tertiary/aromatic N) is 3. The van der Waals surface area contributed by atoms with Crippen LogP contribution in [0.5, 0.6) is 0 Å². The van der Waals surface area contributed by atoms with Gasteiger partial charge in [-0.25, -0.2) is 9.97 Å². The molecule has 2 aromatic rings. The van der Waals surface area contributed by atoms with Crippen molar-refractivity contribution in [3.05, 3.63) is 23.7 Å². The van der Waals surface area contributed by atoms with E-state index in [1.54, 1.807) is 13.0 Å². The average Bonchev–Trinajstić information content (AvgIpc) is 3.00. The Kier molecular flexibility index (Phi) is 3.75. The average molecular weight is 309 g/mol. The fourth-order valence-electron chi connectivity index (χ4n) is 2.95. The minimum absolute atomic E-state index is 0.166. The fraction of sp³-hybridized carbons (Fsp3) is 0.538. The summed E-state index contributed by atoms with van der Waals surface area (Å²) >= 11 is 0. The molecule has 0 saturated carbocycles. The first-order valence-corrected chi connectivity index (χ1v) is 6.98. The van der Waals surface area contributed by atoms with Crippen molar-refractivity contribution >= 4 is 11.6 Å². The molecule has 120 valence electrons. The van der Waals surface area contributed by atoms with Crippen LogP contribution in [0.2, 0.25) is 0 Å². The van der Waals surface area contributed by atoms with Crippen molar-refractivity contribution in [2.24, 2.45) is 0 Å². The van der Waals surface area contributed by atoms with Gasteiger partial charge in [-0.05, 0) is 13.0 Å². The monoisotopic (exact) mass is 309 g/mol. The minimum Gasteiger partial charge on any atom is -0.395 e. The third kappa shape index (κ3) is 2.14. The van der Waals surface area contributed by atoms with Gasteiger partial charge < -0.3 is 31.5 Å². The summed E-state index contributed by atoms with van der Waals surface area (Å²) in [5.74, 6) is 0.166. The molecule has 7 N–H and O–H groups in total. The van der Waals surface area contributed by atoms with E-state index in [-0.39, 0.29) is 12.6 Å². The molecule has 0 radical (unpaired) electrons. The Morgan fingerprint density at radius 2 is 2.09 bits per heavy atom. The SMILES string of the molecule is CC(O)c1cc([C@@H]2N[C@H](CO)[C@@H](O)[C@H]2O)c2ncnc(N)n12. The van der Waals surface area contributed by atoms with Crippen LogP contribution in [-0.2, 0) is 0 Å². The number of fused-ring (bicyclic) bond motifs is 1. The molecule has 0 amide bonds. The lowest BCUT2D eigenvalue weighted by Gasteiger charge is -2.14. The van der Waals surface area contributed by atoms with Crippen LogP contribution in [0.4, 0.5) is 5.95 Å². The Morgan fingerprint density at radius 3 is 2.68 bits per heavy atom. The second-order valence-electron chi connectivity index (χ2n) is 5.51. The van der Waals surface area contributed by atoms with Crippen molar-refractivity contribution in [1.29, 1.82) is 0 Å². The van der Waals surface area contributed by atoms with E-state index in [9.17, 15) is 20.4 Å². The number of nitrogen functional groups attached to an aromatic ring is 1. The molecule has 0 bridgehead atoms. The van der Waals surface area contributed by atoms with Gasteiger partial charge >= 0.3 is 0 Å². The Morgan fingerprint density at radius 1 is 1.36 bits per heavy atom. The second kappa shape index (κ2) is 5.45. The molecule has 3 rings (SSSR count). The van der Waals surface area contributed by atoms with Crippen LogP contribution < -0.4 is 11.1 Å². The number of anilines is 1. The number of aliphatic hydroxyl groups excluding tert-OH is 4. The third-order valence-corrected chi connectivity index (χ3v) is 4.09. The van der Waals surface area contributed by atoms with Crippen molar-refractivity contribution in [3.8, 4) is 0 Å². The molecule has 0 aromatic carbocycles. The Hall–Kier alpha value is -1.78. The van der Waals surface area contributed by atoms with E-state index < -0.39 is 30.4 Å². The highest BCUT2D eigenvalue weighted by Crippen LogP contribution is 2.33. The summed E-state index contributed by atoms with van der Waals surface area (Å²) in [6.45, 7) is 1.28. The lowest BCUT2D eigenvalue weighted by molar-refractivity contribution is 0.0195. The first kappa shape index (κ1) is 15.1. The summed E-state index contributed by atoms with van der Waals surface area (Å²) in [5, 5.41) is 42.3. The molecule has 22 heavy (non-hydrogen) atoms. The van der Waals surface area contributed by atoms with E-state index in [4.69, 9.17) is 5.73 Å². The minimum atomic E-state index is -1.11. The summed E-state index contributed by atoms with van der Waals surface area (Å²) in [6, 6.07) is 0.395. The van der Waals surface area contributed by atoms with Crippen LogP contribution in [-0.4, -0.2) is 59.7 Å². The van der Waals surface area contributed by atoms with Crippen molar-refractivity contribution < 1.29 is 20.4 Å². The van der Waals surface area contributed by atoms with Crippen LogP contribution in [0.1, 0.15) is 30.3 Å². The fourth-order valence-corrected chi connectivity index (χ4v) is 2.95. The van der Waals surface area contributed by atoms with Gasteiger partial charge in [0.2, 0.25) is 5.95 Å². The predicted molar refractivity (Wildman–Crippen MR) is 76.8 cm³/mol. The lowest BCUT2D eigenvalue weighted by atomic mass is 10.0. The van der Waals surface area contributed by atoms with E-state index in [0.29, 0.717) is 16.9 Å². The molecule has 1 aliphatic heterocycles. The number of hydrogen-bond acceptors (Lipinski definition) is 8. The highest BCUT2D eigenvalue weighted by molar-refractivity contribution is 5.57. The van der Waals surface area contributed by atoms with Gasteiger partial charge in [-0.1, -0.05) is 0 Å². The summed E-state index contributed by atoms with van der Waals surface area (Å²) in [7, 11) is 0. The molecule has 1 fully saturated rings. The highest BCUT2D eigenvalue weighted by Gasteiger charge is 2.42. The van der Waals surface area contributed by atoms with E-state index in [1.165, 1.54) is 10.7 Å². The van der Waals surface area contributed by atoms with E-state index in [0.717, 1.165) is 0 Å². The molecule has 1 unspecified atom stereocenters. The Bertz CT molecular complexity index is 688. The van der Waals surface area contributed by atoms with Crippen molar-refractivity contribution in [2.45, 2.75) is 37.3 Å². The maximum atomic E-state index is 10.2. The lowest BCUT2D eigenvalue weighted by Crippen LogP contribution is -2.35. The largest absolute Gasteiger partial charge is 0.395 e. The number of hydrogen-bond donors (Lipinski definition) is 6. The van der Waals surface area contributed by atoms with E-state index in [1.807, 2.05) is 0 Å². The zero-order valence-corrected chi connectivity index (χ0v) is 12.0. The Labute approximate surface area is 126 Å². The van der Waals surface area contributed by atoms with Gasteiger partial charge in [-0.2, -0.15) is 0 Å². The molecule has 9 nitrogen and oxygen atoms in total. The zero-order chi connectivity index (χ0) is 16.0. The first-order valence-electron chi connectivity index (χ1n) is 6.98. The molecule has 2 aromatic heterocycles. The molecule has 9 heteroatoms. The zero-order valence-electron chi connectivity index (χ0n) is 12.0. The van der Waals surface area contributed by atoms with Crippen molar-refractivity contribution in [3.63, 3.8) is 0 Å². The molecular formula is C13H19N5O4. The molecule has 1 saturated heterocycles. The third-order valence-electron chi connectivity index (χ3n) is 4.09. The summed E-state index contributed by atoms with van der Waals surface area (Å²) in [4.78, 5) is 8.07. The van der Waals surface area contributed by atoms with Gasteiger partial charge in [0.25, 0.3) is 0 Å². The number of nitrogens with two attached hydrogens (primary N) is 1. The van der Waals surface area contributed by atoms with Gasteiger partial charge in [0, 0.05) is 5.56 Å². The second-order valence-corrected chi connectivity index (χ2v) is 5.51. The topological polar surface area (TPSA) is 149 Å². The number of aromatic nitrogens is 3.